The van der Waals surface area contributed by atoms with Crippen LogP contribution in [0.3, 0.4) is 0 Å². The highest BCUT2D eigenvalue weighted by molar-refractivity contribution is 5.99. The molecule has 5 heterocycles. The second-order valence-corrected chi connectivity index (χ2v) is 10.8. The molecule has 0 radical (unpaired) electrons. The quantitative estimate of drug-likeness (QED) is 0.563. The van der Waals surface area contributed by atoms with E-state index in [2.05, 4.69) is 31.6 Å². The maximum Gasteiger partial charge on any atom is 0.263 e. The number of hydrogen-bond acceptors (Lipinski definition) is 8. The number of Topliss-reactive ketones (excluding diaryl/α,β-unsaturated/α-hetero) is 1. The molecule has 1 spiro atoms. The number of carbonyl (C=O) groups is 1. The molecule has 5 aliphatic rings. The molecule has 34 heavy (non-hydrogen) atoms. The minimum atomic E-state index is -0.225. The third-order valence-electron chi connectivity index (χ3n) is 8.41. The van der Waals surface area contributed by atoms with Crippen molar-refractivity contribution in [3.05, 3.63) is 46.0 Å². The molecule has 2 aliphatic heterocycles. The fraction of sp³-hybridized carbons (Fsp3) is 0.480. The SMILES string of the molecule is CC(=O)c1c(C)c2cnc(Nc3ccc(N4CC5(CNC5)C4)cn3)nc2n(C23CC(C2)C3)c1=O. The molecule has 2 bridgehead atoms. The second-order valence-electron chi connectivity index (χ2n) is 10.8. The number of pyridine rings is 2. The van der Waals surface area contributed by atoms with E-state index in [1.54, 1.807) is 10.8 Å². The van der Waals surface area contributed by atoms with E-state index in [0.29, 0.717) is 34.3 Å². The number of aromatic nitrogens is 4. The minimum Gasteiger partial charge on any atom is -0.369 e. The number of hydrogen-bond donors (Lipinski definition) is 2. The van der Waals surface area contributed by atoms with Crippen molar-refractivity contribution in [2.45, 2.75) is 38.6 Å². The third-order valence-corrected chi connectivity index (χ3v) is 8.41. The maximum atomic E-state index is 13.4. The molecule has 3 aromatic heterocycles. The molecule has 2 N–H and O–H groups in total. The highest BCUT2D eigenvalue weighted by atomic mass is 16.1. The van der Waals surface area contributed by atoms with Crippen LogP contribution in [0.15, 0.2) is 29.3 Å². The highest BCUT2D eigenvalue weighted by Gasteiger charge is 2.59. The summed E-state index contributed by atoms with van der Waals surface area (Å²) in [6.07, 6.45) is 6.53. The lowest BCUT2D eigenvalue weighted by molar-refractivity contribution is -0.0884. The fourth-order valence-electron chi connectivity index (χ4n) is 6.34. The van der Waals surface area contributed by atoms with Gasteiger partial charge in [-0.25, -0.2) is 9.97 Å². The molecule has 0 amide bonds. The summed E-state index contributed by atoms with van der Waals surface area (Å²) in [5.74, 6) is 1.53. The Hall–Kier alpha value is -3.33. The van der Waals surface area contributed by atoms with Crippen molar-refractivity contribution in [1.82, 2.24) is 24.8 Å². The summed E-state index contributed by atoms with van der Waals surface area (Å²) in [6, 6.07) is 4.00. The van der Waals surface area contributed by atoms with E-state index in [0.717, 1.165) is 56.5 Å². The molecule has 9 nitrogen and oxygen atoms in total. The van der Waals surface area contributed by atoms with E-state index in [9.17, 15) is 9.59 Å². The first kappa shape index (κ1) is 20.1. The first-order chi connectivity index (χ1) is 16.4. The molecular formula is C25H27N7O2. The van der Waals surface area contributed by atoms with Crippen molar-refractivity contribution in [2.75, 3.05) is 36.4 Å². The lowest BCUT2D eigenvalue weighted by Gasteiger charge is -2.62. The fourth-order valence-corrected chi connectivity index (χ4v) is 6.34. The van der Waals surface area contributed by atoms with Crippen LogP contribution in [0, 0.1) is 18.3 Å². The lowest BCUT2D eigenvalue weighted by atomic mass is 9.49. The Morgan fingerprint density at radius 3 is 2.47 bits per heavy atom. The van der Waals surface area contributed by atoms with Gasteiger partial charge in [0.05, 0.1) is 23.0 Å². The van der Waals surface area contributed by atoms with E-state index < -0.39 is 0 Å². The molecule has 3 saturated carbocycles. The van der Waals surface area contributed by atoms with Gasteiger partial charge in [-0.3, -0.25) is 14.2 Å². The molecule has 9 heteroatoms. The Morgan fingerprint density at radius 2 is 1.91 bits per heavy atom. The first-order valence-corrected chi connectivity index (χ1v) is 12.0. The summed E-state index contributed by atoms with van der Waals surface area (Å²) in [7, 11) is 0. The smallest absolute Gasteiger partial charge is 0.263 e. The number of nitrogens with one attached hydrogen (secondary N) is 2. The molecule has 3 aromatic rings. The van der Waals surface area contributed by atoms with Crippen LogP contribution in [0.5, 0.6) is 0 Å². The van der Waals surface area contributed by atoms with Crippen LogP contribution in [0.1, 0.15) is 42.1 Å². The molecular weight excluding hydrogens is 430 g/mol. The summed E-state index contributed by atoms with van der Waals surface area (Å²) < 4.78 is 1.78. The Morgan fingerprint density at radius 1 is 1.15 bits per heavy atom. The summed E-state index contributed by atoms with van der Waals surface area (Å²) in [6.45, 7) is 7.63. The summed E-state index contributed by atoms with van der Waals surface area (Å²) in [4.78, 5) is 41.9. The Bertz CT molecular complexity index is 1400. The van der Waals surface area contributed by atoms with Crippen LogP contribution in [-0.2, 0) is 5.54 Å². The number of nitrogens with zero attached hydrogens (tertiary/aromatic N) is 5. The number of anilines is 3. The van der Waals surface area contributed by atoms with Crippen LogP contribution >= 0.6 is 0 Å². The molecule has 0 unspecified atom stereocenters. The third kappa shape index (κ3) is 2.67. The van der Waals surface area contributed by atoms with Gasteiger partial charge >= 0.3 is 0 Å². The van der Waals surface area contributed by atoms with Crippen molar-refractivity contribution < 1.29 is 4.79 Å². The van der Waals surface area contributed by atoms with E-state index in [1.807, 2.05) is 19.2 Å². The van der Waals surface area contributed by atoms with Gasteiger partial charge in [0.2, 0.25) is 5.95 Å². The van der Waals surface area contributed by atoms with Crippen molar-refractivity contribution in [1.29, 1.82) is 0 Å². The van der Waals surface area contributed by atoms with Crippen molar-refractivity contribution in [2.24, 2.45) is 11.3 Å². The van der Waals surface area contributed by atoms with E-state index in [1.165, 1.54) is 6.92 Å². The van der Waals surface area contributed by atoms with Crippen LogP contribution in [0.4, 0.5) is 17.5 Å². The summed E-state index contributed by atoms with van der Waals surface area (Å²) in [5.41, 5.74) is 2.66. The van der Waals surface area contributed by atoms with Gasteiger partial charge in [-0.15, -0.1) is 0 Å². The first-order valence-electron chi connectivity index (χ1n) is 12.0. The Kier molecular flexibility index (Phi) is 3.91. The van der Waals surface area contributed by atoms with Gasteiger partial charge < -0.3 is 15.5 Å². The van der Waals surface area contributed by atoms with Crippen LogP contribution < -0.4 is 21.1 Å². The number of carbonyl (C=O) groups excluding carboxylic acids is 1. The van der Waals surface area contributed by atoms with Gasteiger partial charge in [-0.2, -0.15) is 4.98 Å². The lowest BCUT2D eigenvalue weighted by Crippen LogP contribution is -2.71. The van der Waals surface area contributed by atoms with Gasteiger partial charge in [-0.05, 0) is 56.7 Å². The molecule has 174 valence electrons. The highest BCUT2D eigenvalue weighted by Crippen LogP contribution is 2.62. The topological polar surface area (TPSA) is 105 Å². The van der Waals surface area contributed by atoms with Crippen LogP contribution in [0.25, 0.3) is 11.0 Å². The average molecular weight is 458 g/mol. The van der Waals surface area contributed by atoms with Gasteiger partial charge in [0.1, 0.15) is 11.5 Å². The van der Waals surface area contributed by atoms with Crippen LogP contribution in [0.2, 0.25) is 0 Å². The normalized spacial score (nSPS) is 25.8. The number of rotatable bonds is 5. The zero-order valence-electron chi connectivity index (χ0n) is 19.4. The Balaban J connectivity index is 1.22. The van der Waals surface area contributed by atoms with Crippen molar-refractivity contribution >= 4 is 34.3 Å². The second kappa shape index (κ2) is 6.63. The van der Waals surface area contributed by atoms with Crippen LogP contribution in [-0.4, -0.2) is 51.5 Å². The van der Waals surface area contributed by atoms with Gasteiger partial charge in [0.15, 0.2) is 5.78 Å². The monoisotopic (exact) mass is 457 g/mol. The predicted octanol–water partition coefficient (Wildman–Crippen LogP) is 2.36. The molecule has 5 fully saturated rings. The predicted molar refractivity (Wildman–Crippen MR) is 129 cm³/mol. The number of fused-ring (bicyclic) bond motifs is 1. The summed E-state index contributed by atoms with van der Waals surface area (Å²) >= 11 is 0. The summed E-state index contributed by atoms with van der Waals surface area (Å²) in [5, 5.41) is 7.31. The zero-order chi connectivity index (χ0) is 23.2. The number of ketones is 1. The molecule has 3 aliphatic carbocycles. The van der Waals surface area contributed by atoms with Crippen molar-refractivity contribution in [3.63, 3.8) is 0 Å². The van der Waals surface area contributed by atoms with Gasteiger partial charge in [0, 0.05) is 43.2 Å². The Labute approximate surface area is 196 Å². The molecule has 2 saturated heterocycles. The van der Waals surface area contributed by atoms with E-state index in [-0.39, 0.29) is 22.4 Å². The van der Waals surface area contributed by atoms with Gasteiger partial charge in [-0.1, -0.05) is 0 Å². The van der Waals surface area contributed by atoms with E-state index in [4.69, 9.17) is 4.98 Å². The molecule has 8 rings (SSSR count). The van der Waals surface area contributed by atoms with E-state index >= 15 is 0 Å². The minimum absolute atomic E-state index is 0.200. The molecule has 0 atom stereocenters. The maximum absolute atomic E-state index is 13.4. The van der Waals surface area contributed by atoms with Crippen molar-refractivity contribution in [3.8, 4) is 0 Å². The largest absolute Gasteiger partial charge is 0.369 e. The zero-order valence-corrected chi connectivity index (χ0v) is 19.4. The average Bonchev–Trinajstić information content (AvgIpc) is 2.67. The van der Waals surface area contributed by atoms with Gasteiger partial charge in [0.25, 0.3) is 5.56 Å². The number of aryl methyl sites for hydroxylation is 1. The standard InChI is InChI=1S/C25H27N7O2/c1-14-18-9-28-23(29-19-4-3-17(8-27-19)31-12-24(13-31)10-26-11-24)30-21(18)32(22(34)20(14)15(2)33)25-5-16(6-25)7-25/h3-4,8-9,16,26H,5-7,10-13H2,1-2H3,(H,27,28,29,30). The molecule has 0 aromatic carbocycles.